The van der Waals surface area contributed by atoms with Crippen LogP contribution in [0.3, 0.4) is 0 Å². The number of anilines is 1. The molecule has 1 amide bonds. The van der Waals surface area contributed by atoms with Gasteiger partial charge >= 0.3 is 0 Å². The van der Waals surface area contributed by atoms with Crippen molar-refractivity contribution in [1.29, 1.82) is 0 Å². The molecule has 1 aromatic heterocycles. The molecular weight excluding hydrogens is 373 g/mol. The standard InChI is InChI=1S/C21H22FN5O2/c22-17-7-4-8-18(13-17)23-19(28)14-26-9-11-27(12-10-26)15-20-24-25-21(29-20)16-5-2-1-3-6-16/h1-8,13H,9-12,14-15H2,(H,23,28)/p+2. The minimum atomic E-state index is -0.358. The Hall–Kier alpha value is -3.10. The number of hydrogen-bond acceptors (Lipinski definition) is 4. The normalized spacial score (nSPS) is 19.1. The van der Waals surface area contributed by atoms with Crippen LogP contribution >= 0.6 is 0 Å². The summed E-state index contributed by atoms with van der Waals surface area (Å²) in [5, 5.41) is 11.1. The molecule has 0 bridgehead atoms. The van der Waals surface area contributed by atoms with E-state index in [4.69, 9.17) is 4.42 Å². The maximum absolute atomic E-state index is 13.2. The summed E-state index contributed by atoms with van der Waals surface area (Å²) >= 11 is 0. The quantitative estimate of drug-likeness (QED) is 0.538. The second kappa shape index (κ2) is 8.93. The number of nitrogens with one attached hydrogen (secondary N) is 3. The van der Waals surface area contributed by atoms with Crippen molar-refractivity contribution in [3.63, 3.8) is 0 Å². The SMILES string of the molecule is O=C(C[NH+]1CC[NH+](Cc2nnc(-c3ccccc3)o2)CC1)Nc1cccc(F)c1. The second-order valence-corrected chi connectivity index (χ2v) is 7.28. The molecule has 4 rings (SSSR count). The molecule has 1 aliphatic heterocycles. The smallest absolute Gasteiger partial charge is 0.279 e. The number of piperazine rings is 1. The first-order valence-electron chi connectivity index (χ1n) is 9.76. The molecule has 3 aromatic rings. The Kier molecular flexibility index (Phi) is 5.92. The average molecular weight is 397 g/mol. The number of carbonyl (C=O) groups excluding carboxylic acids is 1. The van der Waals surface area contributed by atoms with Gasteiger partial charge in [0.1, 0.15) is 32.0 Å². The van der Waals surface area contributed by atoms with Gasteiger partial charge in [-0.05, 0) is 30.3 Å². The first-order chi connectivity index (χ1) is 14.2. The van der Waals surface area contributed by atoms with E-state index in [-0.39, 0.29) is 11.7 Å². The highest BCUT2D eigenvalue weighted by Crippen LogP contribution is 2.16. The highest BCUT2D eigenvalue weighted by Gasteiger charge is 2.26. The molecule has 0 atom stereocenters. The molecule has 1 aliphatic rings. The zero-order valence-electron chi connectivity index (χ0n) is 16.0. The number of nitrogens with zero attached hydrogens (tertiary/aromatic N) is 2. The average Bonchev–Trinajstić information content (AvgIpc) is 3.19. The topological polar surface area (TPSA) is 76.9 Å². The molecule has 29 heavy (non-hydrogen) atoms. The molecule has 0 radical (unpaired) electrons. The molecular formula is C21H24FN5O2+2. The molecule has 0 saturated carbocycles. The minimum Gasteiger partial charge on any atom is -0.415 e. The van der Waals surface area contributed by atoms with Crippen molar-refractivity contribution < 1.29 is 23.4 Å². The summed E-state index contributed by atoms with van der Waals surface area (Å²) in [5.74, 6) is 0.715. The summed E-state index contributed by atoms with van der Waals surface area (Å²) in [6.07, 6.45) is 0. The molecule has 150 valence electrons. The van der Waals surface area contributed by atoms with Crippen molar-refractivity contribution >= 4 is 11.6 Å². The number of quaternary nitrogens is 2. The predicted molar refractivity (Wildman–Crippen MR) is 105 cm³/mol. The fourth-order valence-corrected chi connectivity index (χ4v) is 3.55. The molecule has 2 aromatic carbocycles. The molecule has 0 spiro atoms. The Morgan fingerprint density at radius 3 is 2.52 bits per heavy atom. The van der Waals surface area contributed by atoms with Gasteiger partial charge in [0.2, 0.25) is 5.89 Å². The van der Waals surface area contributed by atoms with E-state index in [1.807, 2.05) is 30.3 Å². The fourth-order valence-electron chi connectivity index (χ4n) is 3.55. The summed E-state index contributed by atoms with van der Waals surface area (Å²) in [5.41, 5.74) is 1.41. The Morgan fingerprint density at radius 2 is 1.76 bits per heavy atom. The Morgan fingerprint density at radius 1 is 1.00 bits per heavy atom. The number of benzene rings is 2. The maximum Gasteiger partial charge on any atom is 0.279 e. The largest absolute Gasteiger partial charge is 0.415 e. The van der Waals surface area contributed by atoms with Crippen LogP contribution in [0, 0.1) is 5.82 Å². The lowest BCUT2D eigenvalue weighted by molar-refractivity contribution is -1.02. The van der Waals surface area contributed by atoms with E-state index < -0.39 is 0 Å². The van der Waals surface area contributed by atoms with Crippen molar-refractivity contribution in [3.8, 4) is 11.5 Å². The van der Waals surface area contributed by atoms with Crippen LogP contribution < -0.4 is 15.1 Å². The lowest BCUT2D eigenvalue weighted by Gasteiger charge is -2.28. The monoisotopic (exact) mass is 397 g/mol. The number of halogens is 1. The van der Waals surface area contributed by atoms with E-state index in [0.717, 1.165) is 31.7 Å². The van der Waals surface area contributed by atoms with Gasteiger partial charge in [-0.25, -0.2) is 4.39 Å². The van der Waals surface area contributed by atoms with Gasteiger partial charge in [0, 0.05) is 11.3 Å². The fraction of sp³-hybridized carbons (Fsp3) is 0.286. The second-order valence-electron chi connectivity index (χ2n) is 7.28. The van der Waals surface area contributed by atoms with Crippen molar-refractivity contribution in [2.24, 2.45) is 0 Å². The predicted octanol–water partition coefficient (Wildman–Crippen LogP) is -0.202. The van der Waals surface area contributed by atoms with Crippen LogP contribution in [0.5, 0.6) is 0 Å². The van der Waals surface area contributed by atoms with E-state index in [1.54, 1.807) is 12.1 Å². The minimum absolute atomic E-state index is 0.0987. The van der Waals surface area contributed by atoms with Gasteiger partial charge in [0.25, 0.3) is 11.8 Å². The Bertz CT molecular complexity index is 954. The van der Waals surface area contributed by atoms with Crippen LogP contribution in [-0.2, 0) is 11.3 Å². The van der Waals surface area contributed by atoms with E-state index >= 15 is 0 Å². The number of aromatic nitrogens is 2. The number of rotatable bonds is 6. The summed E-state index contributed by atoms with van der Waals surface area (Å²) in [4.78, 5) is 14.8. The summed E-state index contributed by atoms with van der Waals surface area (Å²) < 4.78 is 19.0. The van der Waals surface area contributed by atoms with Crippen LogP contribution in [0.15, 0.2) is 59.0 Å². The van der Waals surface area contributed by atoms with E-state index in [2.05, 4.69) is 15.5 Å². The van der Waals surface area contributed by atoms with Crippen molar-refractivity contribution in [2.75, 3.05) is 38.0 Å². The highest BCUT2D eigenvalue weighted by molar-refractivity contribution is 5.91. The third-order valence-corrected chi connectivity index (χ3v) is 5.07. The molecule has 0 unspecified atom stereocenters. The van der Waals surface area contributed by atoms with E-state index in [1.165, 1.54) is 21.9 Å². The van der Waals surface area contributed by atoms with Crippen LogP contribution in [0.2, 0.25) is 0 Å². The maximum atomic E-state index is 13.2. The number of amides is 1. The summed E-state index contributed by atoms with van der Waals surface area (Å²) in [6, 6.07) is 15.7. The lowest BCUT2D eigenvalue weighted by atomic mass is 10.2. The molecule has 1 fully saturated rings. The summed E-state index contributed by atoms with van der Waals surface area (Å²) in [6.45, 7) is 4.67. The van der Waals surface area contributed by atoms with E-state index in [0.29, 0.717) is 30.6 Å². The lowest BCUT2D eigenvalue weighted by Crippen LogP contribution is -3.28. The van der Waals surface area contributed by atoms with Gasteiger partial charge in [0.15, 0.2) is 13.1 Å². The van der Waals surface area contributed by atoms with Crippen LogP contribution in [0.25, 0.3) is 11.5 Å². The molecule has 7 nitrogen and oxygen atoms in total. The molecule has 0 aliphatic carbocycles. The highest BCUT2D eigenvalue weighted by atomic mass is 19.1. The van der Waals surface area contributed by atoms with Gasteiger partial charge < -0.3 is 19.5 Å². The zero-order valence-corrected chi connectivity index (χ0v) is 16.0. The van der Waals surface area contributed by atoms with Crippen LogP contribution in [-0.4, -0.2) is 48.8 Å². The zero-order chi connectivity index (χ0) is 20.1. The molecule has 8 heteroatoms. The van der Waals surface area contributed by atoms with Gasteiger partial charge in [-0.1, -0.05) is 24.3 Å². The third-order valence-electron chi connectivity index (χ3n) is 5.07. The van der Waals surface area contributed by atoms with Gasteiger partial charge in [-0.3, -0.25) is 4.79 Å². The third kappa shape index (κ3) is 5.24. The molecule has 3 N–H and O–H groups in total. The molecule has 1 saturated heterocycles. The van der Waals surface area contributed by atoms with Crippen LogP contribution in [0.1, 0.15) is 5.89 Å². The van der Waals surface area contributed by atoms with Crippen molar-refractivity contribution in [2.45, 2.75) is 6.54 Å². The first kappa shape index (κ1) is 19.2. The van der Waals surface area contributed by atoms with Gasteiger partial charge in [0.05, 0.1) is 0 Å². The van der Waals surface area contributed by atoms with Crippen molar-refractivity contribution in [3.05, 3.63) is 66.3 Å². The molecule has 2 heterocycles. The van der Waals surface area contributed by atoms with E-state index in [9.17, 15) is 9.18 Å². The van der Waals surface area contributed by atoms with Crippen molar-refractivity contribution in [1.82, 2.24) is 10.2 Å². The van der Waals surface area contributed by atoms with Gasteiger partial charge in [-0.2, -0.15) is 0 Å². The number of carbonyl (C=O) groups is 1. The number of hydrogen-bond donors (Lipinski definition) is 3. The Labute approximate surface area is 168 Å². The van der Waals surface area contributed by atoms with Crippen LogP contribution in [0.4, 0.5) is 10.1 Å². The summed E-state index contributed by atoms with van der Waals surface area (Å²) in [7, 11) is 0. The Balaban J connectivity index is 1.23. The first-order valence-corrected chi connectivity index (χ1v) is 9.76. The van der Waals surface area contributed by atoms with Gasteiger partial charge in [-0.15, -0.1) is 10.2 Å².